The molecule has 0 spiro atoms. The summed E-state index contributed by atoms with van der Waals surface area (Å²) < 4.78 is 0. The first-order valence-electron chi connectivity index (χ1n) is 11.3. The Bertz CT molecular complexity index is 801. The van der Waals surface area contributed by atoms with Crippen molar-refractivity contribution >= 4 is 22.4 Å². The minimum atomic E-state index is -0.511. The number of aromatic nitrogens is 1. The summed E-state index contributed by atoms with van der Waals surface area (Å²) >= 11 is 1.78. The third-order valence-corrected chi connectivity index (χ3v) is 8.49. The van der Waals surface area contributed by atoms with Crippen molar-refractivity contribution in [1.82, 2.24) is 9.88 Å². The largest absolute Gasteiger partial charge is 0.392 e. The minimum Gasteiger partial charge on any atom is -0.392 e. The van der Waals surface area contributed by atoms with E-state index in [2.05, 4.69) is 32.0 Å². The smallest absolute Gasteiger partial charge is 0.226 e. The summed E-state index contributed by atoms with van der Waals surface area (Å²) in [5, 5.41) is 16.0. The number of rotatable bonds is 7. The Hall–Kier alpha value is -1.58. The van der Waals surface area contributed by atoms with Crippen LogP contribution in [0.2, 0.25) is 0 Å². The van der Waals surface area contributed by atoms with Crippen molar-refractivity contribution in [1.29, 1.82) is 0 Å². The zero-order valence-electron chi connectivity index (χ0n) is 19.1. The minimum absolute atomic E-state index is 0.0285. The van der Waals surface area contributed by atoms with E-state index in [1.54, 1.807) is 23.3 Å². The highest BCUT2D eigenvalue weighted by Crippen LogP contribution is 2.57. The van der Waals surface area contributed by atoms with E-state index in [1.165, 1.54) is 4.88 Å². The Labute approximate surface area is 185 Å². The monoisotopic (exact) mass is 431 g/mol. The number of fused-ring (bicyclic) bond motifs is 2. The summed E-state index contributed by atoms with van der Waals surface area (Å²) in [5.74, 6) is 2.58. The lowest BCUT2D eigenvalue weighted by Gasteiger charge is -2.53. The van der Waals surface area contributed by atoms with E-state index in [9.17, 15) is 9.90 Å². The van der Waals surface area contributed by atoms with Gasteiger partial charge in [-0.25, -0.2) is 4.98 Å². The second-order valence-electron chi connectivity index (χ2n) is 9.63. The average Bonchev–Trinajstić information content (AvgIpc) is 3.09. The number of hydrogen-bond donors (Lipinski definition) is 2. The predicted molar refractivity (Wildman–Crippen MR) is 124 cm³/mol. The third kappa shape index (κ3) is 4.24. The first-order chi connectivity index (χ1) is 14.2. The van der Waals surface area contributed by atoms with Gasteiger partial charge < -0.3 is 15.3 Å². The molecule has 1 heterocycles. The SMILES string of the molecule is C#CCN(C)C(=O)[C@@H](C)C1CC[C@@]2(C)Cc3sc(NCCCC)nc3[C@@H](C)[C@@H]2[C@H]1O. The zero-order valence-corrected chi connectivity index (χ0v) is 19.9. The Morgan fingerprint density at radius 1 is 1.53 bits per heavy atom. The number of carbonyl (C=O) groups is 1. The molecule has 0 aliphatic heterocycles. The first kappa shape index (κ1) is 23.1. The second kappa shape index (κ2) is 9.28. The number of unbranched alkanes of at least 4 members (excludes halogenated alkanes) is 1. The number of anilines is 1. The van der Waals surface area contributed by atoms with Crippen LogP contribution >= 0.6 is 11.3 Å². The van der Waals surface area contributed by atoms with Crippen molar-refractivity contribution in [3.63, 3.8) is 0 Å². The molecule has 166 valence electrons. The van der Waals surface area contributed by atoms with Crippen LogP contribution in [0.3, 0.4) is 0 Å². The average molecular weight is 432 g/mol. The van der Waals surface area contributed by atoms with Gasteiger partial charge in [-0.05, 0) is 42.9 Å². The van der Waals surface area contributed by atoms with Crippen LogP contribution in [0.1, 0.15) is 69.9 Å². The van der Waals surface area contributed by atoms with Gasteiger partial charge in [0.05, 0.1) is 18.3 Å². The van der Waals surface area contributed by atoms with Gasteiger partial charge in [-0.15, -0.1) is 17.8 Å². The van der Waals surface area contributed by atoms with Crippen LogP contribution in [0.15, 0.2) is 0 Å². The number of aliphatic hydroxyl groups excluding tert-OH is 1. The molecular weight excluding hydrogens is 394 g/mol. The maximum atomic E-state index is 12.8. The Morgan fingerprint density at radius 2 is 2.27 bits per heavy atom. The lowest BCUT2D eigenvalue weighted by Crippen LogP contribution is -2.53. The van der Waals surface area contributed by atoms with E-state index in [4.69, 9.17) is 11.4 Å². The highest BCUT2D eigenvalue weighted by Gasteiger charge is 2.54. The number of terminal acetylenes is 1. The van der Waals surface area contributed by atoms with Crippen LogP contribution in [0.4, 0.5) is 5.13 Å². The summed E-state index contributed by atoms with van der Waals surface area (Å²) in [6.07, 6.45) is 10.0. The van der Waals surface area contributed by atoms with E-state index in [0.717, 1.165) is 49.5 Å². The number of nitrogens with zero attached hydrogens (tertiary/aromatic N) is 2. The maximum Gasteiger partial charge on any atom is 0.226 e. The lowest BCUT2D eigenvalue weighted by molar-refractivity contribution is -0.142. The number of thiazole rings is 1. The van der Waals surface area contributed by atoms with Crippen LogP contribution in [0.25, 0.3) is 0 Å². The van der Waals surface area contributed by atoms with Gasteiger partial charge in [0, 0.05) is 30.3 Å². The van der Waals surface area contributed by atoms with Crippen LogP contribution in [-0.2, 0) is 11.2 Å². The highest BCUT2D eigenvalue weighted by atomic mass is 32.1. The number of hydrogen-bond acceptors (Lipinski definition) is 5. The molecule has 1 fully saturated rings. The fourth-order valence-electron chi connectivity index (χ4n) is 5.74. The molecule has 1 amide bonds. The van der Waals surface area contributed by atoms with Crippen LogP contribution in [0, 0.1) is 35.5 Å². The van der Waals surface area contributed by atoms with Crippen LogP contribution < -0.4 is 5.32 Å². The van der Waals surface area contributed by atoms with Gasteiger partial charge in [-0.1, -0.05) is 40.0 Å². The zero-order chi connectivity index (χ0) is 22.1. The highest BCUT2D eigenvalue weighted by molar-refractivity contribution is 7.15. The molecule has 2 aliphatic rings. The molecule has 1 aromatic heterocycles. The number of amides is 1. The molecule has 30 heavy (non-hydrogen) atoms. The maximum absolute atomic E-state index is 12.8. The molecule has 1 unspecified atom stereocenters. The molecule has 0 saturated heterocycles. The molecule has 1 saturated carbocycles. The molecule has 0 bridgehead atoms. The van der Waals surface area contributed by atoms with E-state index in [0.29, 0.717) is 6.54 Å². The van der Waals surface area contributed by atoms with Crippen molar-refractivity contribution in [2.75, 3.05) is 25.5 Å². The molecule has 1 aromatic rings. The summed E-state index contributed by atoms with van der Waals surface area (Å²) in [7, 11) is 1.75. The molecule has 6 heteroatoms. The van der Waals surface area contributed by atoms with Crippen molar-refractivity contribution in [3.05, 3.63) is 10.6 Å². The molecular formula is C24H37N3O2S. The molecule has 2 N–H and O–H groups in total. The molecule has 0 radical (unpaired) electrons. The second-order valence-corrected chi connectivity index (χ2v) is 10.7. The number of carbonyl (C=O) groups excluding carboxylic acids is 1. The Morgan fingerprint density at radius 3 is 2.93 bits per heavy atom. The topological polar surface area (TPSA) is 65.5 Å². The lowest BCUT2D eigenvalue weighted by atomic mass is 9.53. The van der Waals surface area contributed by atoms with Crippen molar-refractivity contribution in [3.8, 4) is 12.3 Å². The van der Waals surface area contributed by atoms with E-state index >= 15 is 0 Å². The summed E-state index contributed by atoms with van der Waals surface area (Å²) in [4.78, 5) is 20.7. The normalized spacial score (nSPS) is 31.2. The van der Waals surface area contributed by atoms with E-state index < -0.39 is 6.10 Å². The van der Waals surface area contributed by atoms with Gasteiger partial charge in [0.2, 0.25) is 5.91 Å². The first-order valence-corrected chi connectivity index (χ1v) is 12.1. The van der Waals surface area contributed by atoms with Crippen molar-refractivity contribution < 1.29 is 9.90 Å². The van der Waals surface area contributed by atoms with Gasteiger partial charge in [-0.3, -0.25) is 4.79 Å². The fourth-order valence-corrected chi connectivity index (χ4v) is 7.03. The summed E-state index contributed by atoms with van der Waals surface area (Å²) in [6.45, 7) is 9.92. The Kier molecular flexibility index (Phi) is 7.14. The number of nitrogens with one attached hydrogen (secondary N) is 1. The van der Waals surface area contributed by atoms with Gasteiger partial charge in [0.25, 0.3) is 0 Å². The van der Waals surface area contributed by atoms with Crippen molar-refractivity contribution in [2.45, 2.75) is 71.8 Å². The van der Waals surface area contributed by atoms with E-state index in [1.807, 2.05) is 6.92 Å². The van der Waals surface area contributed by atoms with Crippen LogP contribution in [-0.4, -0.2) is 47.1 Å². The van der Waals surface area contributed by atoms with Crippen molar-refractivity contribution in [2.24, 2.45) is 23.2 Å². The van der Waals surface area contributed by atoms with Gasteiger partial charge >= 0.3 is 0 Å². The quantitative estimate of drug-likeness (QED) is 0.503. The van der Waals surface area contributed by atoms with Gasteiger partial charge in [0.1, 0.15) is 0 Å². The molecule has 6 atom stereocenters. The Balaban J connectivity index is 1.80. The fraction of sp³-hybridized carbons (Fsp3) is 0.750. The number of aliphatic hydroxyl groups is 1. The van der Waals surface area contributed by atoms with Crippen LogP contribution in [0.5, 0.6) is 0 Å². The molecule has 2 aliphatic carbocycles. The standard InChI is InChI=1S/C24H37N3O2S/c1-7-9-12-25-23-26-20-16(4)19-21(28)17(15(3)22(29)27(6)13-8-2)10-11-24(19,5)14-18(20)30-23/h2,15-17,19,21,28H,7,9-14H2,1,3-6H3,(H,25,26)/t15-,16-,17?,19+,21-,24-/m0/s1. The molecule has 3 rings (SSSR count). The summed E-state index contributed by atoms with van der Waals surface area (Å²) in [6, 6.07) is 0. The van der Waals surface area contributed by atoms with E-state index in [-0.39, 0.29) is 35.0 Å². The molecule has 5 nitrogen and oxygen atoms in total. The van der Waals surface area contributed by atoms with Gasteiger partial charge in [0.15, 0.2) is 5.13 Å². The summed E-state index contributed by atoms with van der Waals surface area (Å²) in [5.41, 5.74) is 1.19. The van der Waals surface area contributed by atoms with Gasteiger partial charge in [-0.2, -0.15) is 0 Å². The predicted octanol–water partition coefficient (Wildman–Crippen LogP) is 4.14. The molecule has 0 aromatic carbocycles. The third-order valence-electron chi connectivity index (χ3n) is 7.47.